The molecule has 2 aliphatic rings. The first-order valence-electron chi connectivity index (χ1n) is 8.49. The van der Waals surface area contributed by atoms with Gasteiger partial charge in [0.25, 0.3) is 0 Å². The van der Waals surface area contributed by atoms with Crippen LogP contribution in [0.5, 0.6) is 0 Å². The fourth-order valence-corrected chi connectivity index (χ4v) is 4.99. The number of carbonyl (C=O) groups excluding carboxylic acids is 1. The lowest BCUT2D eigenvalue weighted by Gasteiger charge is -2.33. The Bertz CT molecular complexity index is 549. The van der Waals surface area contributed by atoms with Crippen LogP contribution in [0.25, 0.3) is 0 Å². The summed E-state index contributed by atoms with van der Waals surface area (Å²) in [6, 6.07) is 0.152. The minimum absolute atomic E-state index is 0.0775. The van der Waals surface area contributed by atoms with Crippen LogP contribution >= 0.6 is 11.3 Å². The van der Waals surface area contributed by atoms with E-state index in [9.17, 15) is 9.90 Å². The Kier molecular flexibility index (Phi) is 4.55. The van der Waals surface area contributed by atoms with Crippen LogP contribution in [-0.2, 0) is 17.6 Å². The van der Waals surface area contributed by atoms with Crippen molar-refractivity contribution in [1.29, 1.82) is 0 Å². The van der Waals surface area contributed by atoms with Crippen molar-refractivity contribution in [1.82, 2.24) is 9.88 Å². The van der Waals surface area contributed by atoms with Gasteiger partial charge < -0.3 is 10.0 Å². The van der Waals surface area contributed by atoms with E-state index >= 15 is 0 Å². The highest BCUT2D eigenvalue weighted by Crippen LogP contribution is 2.39. The summed E-state index contributed by atoms with van der Waals surface area (Å²) >= 11 is 1.76. The highest BCUT2D eigenvalue weighted by atomic mass is 32.1. The van der Waals surface area contributed by atoms with Gasteiger partial charge in [0.2, 0.25) is 5.91 Å². The predicted octanol–water partition coefficient (Wildman–Crippen LogP) is 3.24. The minimum Gasteiger partial charge on any atom is -0.389 e. The number of aryl methyl sites for hydroxylation is 2. The molecule has 1 heterocycles. The monoisotopic (exact) mass is 322 g/mol. The van der Waals surface area contributed by atoms with Gasteiger partial charge in [0.1, 0.15) is 0 Å². The van der Waals surface area contributed by atoms with Gasteiger partial charge in [0.05, 0.1) is 33.6 Å². The number of hydrogen-bond acceptors (Lipinski definition) is 4. The summed E-state index contributed by atoms with van der Waals surface area (Å²) < 4.78 is 0. The van der Waals surface area contributed by atoms with Gasteiger partial charge in [-0.25, -0.2) is 4.98 Å². The van der Waals surface area contributed by atoms with Crippen LogP contribution in [0.3, 0.4) is 0 Å². The van der Waals surface area contributed by atoms with Gasteiger partial charge in [-0.15, -0.1) is 11.3 Å². The van der Waals surface area contributed by atoms with E-state index in [1.807, 2.05) is 11.9 Å². The molecule has 5 heteroatoms. The molecule has 4 nitrogen and oxygen atoms in total. The van der Waals surface area contributed by atoms with Crippen LogP contribution in [0.1, 0.15) is 73.5 Å². The van der Waals surface area contributed by atoms with Crippen molar-refractivity contribution in [2.24, 2.45) is 0 Å². The molecule has 122 valence electrons. The Morgan fingerprint density at radius 2 is 2.14 bits per heavy atom. The lowest BCUT2D eigenvalue weighted by molar-refractivity contribution is -0.137. The normalized spacial score (nSPS) is 23.3. The molecule has 3 rings (SSSR count). The molecule has 0 spiro atoms. The molecular formula is C17H26N2O2S. The number of rotatable bonds is 4. The van der Waals surface area contributed by atoms with Gasteiger partial charge >= 0.3 is 0 Å². The van der Waals surface area contributed by atoms with Crippen molar-refractivity contribution in [2.45, 2.75) is 76.4 Å². The first kappa shape index (κ1) is 15.9. The SMILES string of the molecule is CCc1nc2c(s1)C(N(C)C(=O)CC1(O)CCCC1)CCC2. The standard InChI is InChI=1S/C17H26N2O2S/c1-3-14-18-12-7-6-8-13(16(12)22-14)19(2)15(20)11-17(21)9-4-5-10-17/h13,21H,3-11H2,1-2H3. The predicted molar refractivity (Wildman–Crippen MR) is 88.0 cm³/mol. The fraction of sp³-hybridized carbons (Fsp3) is 0.765. The summed E-state index contributed by atoms with van der Waals surface area (Å²) in [5.41, 5.74) is 0.433. The molecule has 1 aromatic rings. The second kappa shape index (κ2) is 6.28. The third kappa shape index (κ3) is 3.06. The summed E-state index contributed by atoms with van der Waals surface area (Å²) in [6.45, 7) is 2.13. The largest absolute Gasteiger partial charge is 0.389 e. The smallest absolute Gasteiger partial charge is 0.225 e. The average Bonchev–Trinajstić information content (AvgIpc) is 3.11. The first-order chi connectivity index (χ1) is 10.5. The third-order valence-corrected chi connectivity index (χ3v) is 6.49. The maximum Gasteiger partial charge on any atom is 0.225 e. The number of aromatic nitrogens is 1. The van der Waals surface area contributed by atoms with Crippen molar-refractivity contribution >= 4 is 17.2 Å². The van der Waals surface area contributed by atoms with Gasteiger partial charge in [-0.1, -0.05) is 19.8 Å². The van der Waals surface area contributed by atoms with Gasteiger partial charge in [-0.3, -0.25) is 4.79 Å². The summed E-state index contributed by atoms with van der Waals surface area (Å²) in [7, 11) is 1.89. The highest BCUT2D eigenvalue weighted by Gasteiger charge is 2.37. The molecule has 1 N–H and O–H groups in total. The quantitative estimate of drug-likeness (QED) is 0.926. The van der Waals surface area contributed by atoms with Gasteiger partial charge in [-0.05, 0) is 38.5 Å². The number of aliphatic hydroxyl groups is 1. The van der Waals surface area contributed by atoms with Gasteiger partial charge in [0, 0.05) is 7.05 Å². The third-order valence-electron chi connectivity index (χ3n) is 5.14. The van der Waals surface area contributed by atoms with Crippen molar-refractivity contribution in [3.63, 3.8) is 0 Å². The van der Waals surface area contributed by atoms with E-state index in [0.717, 1.165) is 51.4 Å². The number of fused-ring (bicyclic) bond motifs is 1. The average molecular weight is 322 g/mol. The van der Waals surface area contributed by atoms with Crippen molar-refractivity contribution < 1.29 is 9.90 Å². The Morgan fingerprint density at radius 1 is 1.41 bits per heavy atom. The van der Waals surface area contributed by atoms with Crippen LogP contribution in [0.2, 0.25) is 0 Å². The Labute approximate surface area is 136 Å². The molecule has 1 amide bonds. The number of hydrogen-bond donors (Lipinski definition) is 1. The van der Waals surface area contributed by atoms with Crippen LogP contribution in [0, 0.1) is 0 Å². The first-order valence-corrected chi connectivity index (χ1v) is 9.30. The van der Waals surface area contributed by atoms with Gasteiger partial charge in [-0.2, -0.15) is 0 Å². The van der Waals surface area contributed by atoms with E-state index in [-0.39, 0.29) is 18.4 Å². The summed E-state index contributed by atoms with van der Waals surface area (Å²) in [6.07, 6.45) is 7.98. The van der Waals surface area contributed by atoms with E-state index in [2.05, 4.69) is 6.92 Å². The second-order valence-electron chi connectivity index (χ2n) is 6.79. The molecule has 0 radical (unpaired) electrons. The number of nitrogens with zero attached hydrogens (tertiary/aromatic N) is 2. The molecule has 1 aromatic heterocycles. The highest BCUT2D eigenvalue weighted by molar-refractivity contribution is 7.11. The van der Waals surface area contributed by atoms with E-state index in [1.165, 1.54) is 15.6 Å². The molecule has 0 aliphatic heterocycles. The van der Waals surface area contributed by atoms with E-state index < -0.39 is 5.60 Å². The van der Waals surface area contributed by atoms with Gasteiger partial charge in [0.15, 0.2) is 0 Å². The fourth-order valence-electron chi connectivity index (χ4n) is 3.76. The van der Waals surface area contributed by atoms with Crippen molar-refractivity contribution in [3.8, 4) is 0 Å². The second-order valence-corrected chi connectivity index (χ2v) is 7.91. The lowest BCUT2D eigenvalue weighted by atomic mass is 9.94. The van der Waals surface area contributed by atoms with Crippen molar-refractivity contribution in [3.05, 3.63) is 15.6 Å². The van der Waals surface area contributed by atoms with E-state index in [1.54, 1.807) is 11.3 Å². The maximum absolute atomic E-state index is 12.6. The molecule has 0 bridgehead atoms. The van der Waals surface area contributed by atoms with Crippen LogP contribution in [0.15, 0.2) is 0 Å². The molecule has 1 atom stereocenters. The minimum atomic E-state index is -0.759. The zero-order valence-electron chi connectivity index (χ0n) is 13.6. The number of thiazole rings is 1. The molecule has 0 saturated heterocycles. The lowest BCUT2D eigenvalue weighted by Crippen LogP contribution is -2.38. The van der Waals surface area contributed by atoms with Crippen LogP contribution < -0.4 is 0 Å². The van der Waals surface area contributed by atoms with Crippen molar-refractivity contribution in [2.75, 3.05) is 7.05 Å². The Balaban J connectivity index is 1.73. The van der Waals surface area contributed by atoms with Crippen LogP contribution in [0.4, 0.5) is 0 Å². The molecule has 22 heavy (non-hydrogen) atoms. The zero-order valence-corrected chi connectivity index (χ0v) is 14.4. The number of carbonyl (C=O) groups is 1. The molecular weight excluding hydrogens is 296 g/mol. The van der Waals surface area contributed by atoms with E-state index in [4.69, 9.17) is 4.98 Å². The zero-order chi connectivity index (χ0) is 15.7. The molecule has 2 aliphatic carbocycles. The van der Waals surface area contributed by atoms with Crippen LogP contribution in [-0.4, -0.2) is 33.5 Å². The molecule has 0 aromatic carbocycles. The summed E-state index contributed by atoms with van der Waals surface area (Å²) in [4.78, 5) is 20.5. The Hall–Kier alpha value is -0.940. The number of amides is 1. The maximum atomic E-state index is 12.6. The molecule has 1 unspecified atom stereocenters. The molecule has 1 fully saturated rings. The Morgan fingerprint density at radius 3 is 2.82 bits per heavy atom. The topological polar surface area (TPSA) is 53.4 Å². The summed E-state index contributed by atoms with van der Waals surface area (Å²) in [5, 5.41) is 11.7. The molecule has 1 saturated carbocycles. The summed E-state index contributed by atoms with van der Waals surface area (Å²) in [5.74, 6) is 0.0775. The van der Waals surface area contributed by atoms with E-state index in [0.29, 0.717) is 0 Å².